The van der Waals surface area contributed by atoms with Crippen molar-refractivity contribution in [3.8, 4) is 5.75 Å². The van der Waals surface area contributed by atoms with Crippen LogP contribution in [0.2, 0.25) is 0 Å². The first-order valence-electron chi connectivity index (χ1n) is 6.52. The van der Waals surface area contributed by atoms with Crippen LogP contribution in [0.3, 0.4) is 0 Å². The molecule has 0 aliphatic rings. The normalized spacial score (nSPS) is 12.7. The highest BCUT2D eigenvalue weighted by Crippen LogP contribution is 2.27. The van der Waals surface area contributed by atoms with Gasteiger partial charge >= 0.3 is 0 Å². The van der Waals surface area contributed by atoms with Gasteiger partial charge in [0.25, 0.3) is 0 Å². The number of ether oxygens (including phenoxy) is 1. The molecule has 1 heterocycles. The molecule has 2 rings (SSSR count). The van der Waals surface area contributed by atoms with Crippen LogP contribution in [-0.4, -0.2) is 10.1 Å². The van der Waals surface area contributed by atoms with Gasteiger partial charge in [-0.2, -0.15) is 0 Å². The highest BCUT2D eigenvalue weighted by atomic mass is 32.1. The summed E-state index contributed by atoms with van der Waals surface area (Å²) in [6.45, 7) is 6.06. The van der Waals surface area contributed by atoms with E-state index in [9.17, 15) is 9.50 Å². The lowest BCUT2D eigenvalue weighted by Gasteiger charge is -2.12. The van der Waals surface area contributed by atoms with Gasteiger partial charge in [0.15, 0.2) is 0 Å². The Labute approximate surface area is 122 Å². The number of aromatic nitrogens is 1. The minimum absolute atomic E-state index is 0.270. The number of thiazole rings is 1. The van der Waals surface area contributed by atoms with Crippen molar-refractivity contribution in [2.45, 2.75) is 39.4 Å². The Morgan fingerprint density at radius 1 is 1.35 bits per heavy atom. The summed E-state index contributed by atoms with van der Waals surface area (Å²) in [6.07, 6.45) is -0.702. The lowest BCUT2D eigenvalue weighted by Crippen LogP contribution is -2.02. The molecule has 0 aliphatic carbocycles. The Morgan fingerprint density at radius 3 is 2.70 bits per heavy atom. The average molecular weight is 295 g/mol. The summed E-state index contributed by atoms with van der Waals surface area (Å²) in [5, 5.41) is 12.6. The zero-order chi connectivity index (χ0) is 14.7. The first-order chi connectivity index (χ1) is 9.47. The van der Waals surface area contributed by atoms with Crippen LogP contribution in [-0.2, 0) is 6.61 Å². The first-order valence-corrected chi connectivity index (χ1v) is 7.40. The van der Waals surface area contributed by atoms with Gasteiger partial charge in [-0.1, -0.05) is 13.8 Å². The van der Waals surface area contributed by atoms with Crippen molar-refractivity contribution >= 4 is 11.3 Å². The number of hydrogen-bond donors (Lipinski definition) is 1. The van der Waals surface area contributed by atoms with Gasteiger partial charge in [0.1, 0.15) is 18.2 Å². The van der Waals surface area contributed by atoms with Gasteiger partial charge in [-0.25, -0.2) is 9.37 Å². The van der Waals surface area contributed by atoms with Crippen molar-refractivity contribution in [2.75, 3.05) is 0 Å². The largest absolute Gasteiger partial charge is 0.487 e. The molecule has 0 amide bonds. The molecule has 0 bridgehead atoms. The molecule has 0 fully saturated rings. The Balaban J connectivity index is 2.11. The van der Waals surface area contributed by atoms with E-state index in [4.69, 9.17) is 4.74 Å². The van der Waals surface area contributed by atoms with E-state index in [2.05, 4.69) is 18.8 Å². The van der Waals surface area contributed by atoms with Crippen LogP contribution in [0, 0.1) is 5.82 Å². The van der Waals surface area contributed by atoms with Crippen molar-refractivity contribution in [3.05, 3.63) is 45.7 Å². The summed E-state index contributed by atoms with van der Waals surface area (Å²) >= 11 is 1.59. The maximum atomic E-state index is 13.3. The molecule has 2 aromatic rings. The Morgan fingerprint density at radius 2 is 2.10 bits per heavy atom. The van der Waals surface area contributed by atoms with Crippen LogP contribution in [0.1, 0.15) is 49.1 Å². The fraction of sp³-hybridized carbons (Fsp3) is 0.400. The highest BCUT2D eigenvalue weighted by molar-refractivity contribution is 7.09. The zero-order valence-corrected chi connectivity index (χ0v) is 12.6. The lowest BCUT2D eigenvalue weighted by atomic mass is 10.1. The summed E-state index contributed by atoms with van der Waals surface area (Å²) in [5.41, 5.74) is 1.39. The average Bonchev–Trinajstić information content (AvgIpc) is 2.85. The molecule has 0 unspecified atom stereocenters. The summed E-state index contributed by atoms with van der Waals surface area (Å²) in [4.78, 5) is 4.46. The Kier molecular flexibility index (Phi) is 4.73. The highest BCUT2D eigenvalue weighted by Gasteiger charge is 2.12. The molecule has 20 heavy (non-hydrogen) atoms. The smallest absolute Gasteiger partial charge is 0.131 e. The van der Waals surface area contributed by atoms with Crippen molar-refractivity contribution in [1.82, 2.24) is 4.98 Å². The van der Waals surface area contributed by atoms with Crippen LogP contribution in [0.5, 0.6) is 5.75 Å². The summed E-state index contributed by atoms with van der Waals surface area (Å²) in [7, 11) is 0. The number of aliphatic hydroxyl groups excluding tert-OH is 1. The maximum Gasteiger partial charge on any atom is 0.131 e. The summed E-state index contributed by atoms with van der Waals surface area (Å²) in [5.74, 6) is 0.362. The third kappa shape index (κ3) is 3.55. The fourth-order valence-electron chi connectivity index (χ4n) is 1.78. The summed E-state index contributed by atoms with van der Waals surface area (Å²) < 4.78 is 18.9. The van der Waals surface area contributed by atoms with E-state index in [1.54, 1.807) is 18.3 Å². The van der Waals surface area contributed by atoms with Crippen molar-refractivity contribution in [2.24, 2.45) is 0 Å². The predicted molar refractivity (Wildman–Crippen MR) is 77.6 cm³/mol. The second kappa shape index (κ2) is 6.33. The second-order valence-electron chi connectivity index (χ2n) is 4.98. The molecule has 1 atom stereocenters. The van der Waals surface area contributed by atoms with Gasteiger partial charge in [0.05, 0.1) is 16.8 Å². The molecule has 1 aromatic carbocycles. The topological polar surface area (TPSA) is 42.4 Å². The third-order valence-corrected chi connectivity index (χ3v) is 4.06. The van der Waals surface area contributed by atoms with E-state index in [1.165, 1.54) is 18.2 Å². The molecule has 3 nitrogen and oxygen atoms in total. The number of benzene rings is 1. The van der Waals surface area contributed by atoms with E-state index < -0.39 is 6.10 Å². The van der Waals surface area contributed by atoms with Crippen LogP contribution in [0.25, 0.3) is 0 Å². The van der Waals surface area contributed by atoms with Crippen LogP contribution in [0.4, 0.5) is 4.39 Å². The Hall–Kier alpha value is -1.46. The molecule has 1 aromatic heterocycles. The molecule has 0 saturated heterocycles. The Bertz CT molecular complexity index is 581. The molecular weight excluding hydrogens is 277 g/mol. The van der Waals surface area contributed by atoms with Crippen molar-refractivity contribution in [3.63, 3.8) is 0 Å². The molecule has 108 valence electrons. The van der Waals surface area contributed by atoms with E-state index >= 15 is 0 Å². The molecular formula is C15H18FNO2S. The molecule has 0 saturated carbocycles. The SMILES string of the molecule is CC(C)c1nc(COc2cc(F)ccc2[C@H](C)O)cs1. The molecule has 5 heteroatoms. The lowest BCUT2D eigenvalue weighted by molar-refractivity contribution is 0.189. The molecule has 0 aliphatic heterocycles. The fourth-order valence-corrected chi connectivity index (χ4v) is 2.60. The van der Waals surface area contributed by atoms with Gasteiger partial charge in [0.2, 0.25) is 0 Å². The quantitative estimate of drug-likeness (QED) is 0.905. The monoisotopic (exact) mass is 295 g/mol. The van der Waals surface area contributed by atoms with Gasteiger partial charge in [-0.15, -0.1) is 11.3 Å². The van der Waals surface area contributed by atoms with Crippen LogP contribution < -0.4 is 4.74 Å². The third-order valence-electron chi connectivity index (χ3n) is 2.86. The van der Waals surface area contributed by atoms with Gasteiger partial charge in [-0.05, 0) is 19.1 Å². The molecule has 0 radical (unpaired) electrons. The standard InChI is InChI=1S/C15H18FNO2S/c1-9(2)15-17-12(8-20-15)7-19-14-6-11(16)4-5-13(14)10(3)18/h4-6,8-10,18H,7H2,1-3H3/t10-/m0/s1. The zero-order valence-electron chi connectivity index (χ0n) is 11.8. The second-order valence-corrected chi connectivity index (χ2v) is 5.87. The van der Waals surface area contributed by atoms with E-state index in [-0.39, 0.29) is 12.4 Å². The molecule has 1 N–H and O–H groups in total. The maximum absolute atomic E-state index is 13.3. The van der Waals surface area contributed by atoms with Gasteiger partial charge < -0.3 is 9.84 Å². The van der Waals surface area contributed by atoms with Crippen LogP contribution >= 0.6 is 11.3 Å². The number of nitrogens with zero attached hydrogens (tertiary/aromatic N) is 1. The van der Waals surface area contributed by atoms with Gasteiger partial charge in [0, 0.05) is 22.9 Å². The summed E-state index contributed by atoms with van der Waals surface area (Å²) in [6, 6.07) is 4.14. The number of halogens is 1. The minimum atomic E-state index is -0.702. The van der Waals surface area contributed by atoms with E-state index in [1.807, 2.05) is 5.38 Å². The molecule has 0 spiro atoms. The van der Waals surface area contributed by atoms with E-state index in [0.29, 0.717) is 17.2 Å². The van der Waals surface area contributed by atoms with Crippen molar-refractivity contribution < 1.29 is 14.2 Å². The number of rotatable bonds is 5. The van der Waals surface area contributed by atoms with Gasteiger partial charge in [-0.3, -0.25) is 0 Å². The van der Waals surface area contributed by atoms with Crippen LogP contribution in [0.15, 0.2) is 23.6 Å². The first kappa shape index (κ1) is 14.9. The van der Waals surface area contributed by atoms with E-state index in [0.717, 1.165) is 10.7 Å². The number of hydrogen-bond acceptors (Lipinski definition) is 4. The minimum Gasteiger partial charge on any atom is -0.487 e. The van der Waals surface area contributed by atoms with Crippen molar-refractivity contribution in [1.29, 1.82) is 0 Å². The predicted octanol–water partition coefficient (Wildman–Crippen LogP) is 4.04. The number of aliphatic hydroxyl groups is 1.